The average molecular weight is 465 g/mol. The lowest BCUT2D eigenvalue weighted by Crippen LogP contribution is -2.62. The maximum Gasteiger partial charge on any atom is 0.348 e. The summed E-state index contributed by atoms with van der Waals surface area (Å²) < 4.78 is 14.8. The van der Waals surface area contributed by atoms with Crippen molar-refractivity contribution >= 4 is 29.5 Å². The number of halogens is 2. The Labute approximate surface area is 188 Å². The van der Waals surface area contributed by atoms with Crippen molar-refractivity contribution in [1.29, 1.82) is 0 Å². The topological polar surface area (TPSA) is 159 Å². The number of fused-ring (bicyclic) bond motifs is 1. The van der Waals surface area contributed by atoms with Crippen LogP contribution in [-0.2, 0) is 0 Å². The Morgan fingerprint density at radius 3 is 2.69 bits per heavy atom. The van der Waals surface area contributed by atoms with E-state index in [-0.39, 0.29) is 17.0 Å². The first-order chi connectivity index (χ1) is 15.3. The standard InChI is InChI=1S/C19H26ClFN10O/c1-29(22)19(32)31(24)15-5-3-2-4-14(15)30(23)18-13(21)9-27-17(28-18)12-8-26-16-11(12)6-10(20)7-25-16/h6,8-10,14-15H,2-5,7,22-24H2,1H3,(H,25,26). The number of alkyl halides is 1. The van der Waals surface area contributed by atoms with Crippen LogP contribution in [-0.4, -0.2) is 62.1 Å². The Balaban J connectivity index is 1.69. The summed E-state index contributed by atoms with van der Waals surface area (Å²) in [4.78, 5) is 28.3. The van der Waals surface area contributed by atoms with E-state index in [2.05, 4.69) is 19.9 Å². The lowest BCUT2D eigenvalue weighted by Gasteiger charge is -2.42. The first kappa shape index (κ1) is 22.4. The van der Waals surface area contributed by atoms with Crippen LogP contribution < -0.4 is 33.2 Å². The molecule has 2 aliphatic rings. The number of nitrogens with two attached hydrogens (primary N) is 3. The van der Waals surface area contributed by atoms with E-state index in [1.165, 1.54) is 12.1 Å². The number of amides is 2. The van der Waals surface area contributed by atoms with Crippen LogP contribution in [0.1, 0.15) is 25.7 Å². The number of nitrogens with zero attached hydrogens (tertiary/aromatic N) is 6. The third-order valence-electron chi connectivity index (χ3n) is 5.81. The van der Waals surface area contributed by atoms with Gasteiger partial charge in [0.1, 0.15) is 5.49 Å². The molecule has 0 radical (unpaired) electrons. The highest BCUT2D eigenvalue weighted by atomic mass is 35.5. The van der Waals surface area contributed by atoms with E-state index in [0.29, 0.717) is 30.4 Å². The molecule has 172 valence electrons. The number of hydrazine groups is 3. The molecule has 11 nitrogen and oxygen atoms in total. The molecular formula is C19H26ClFN10O. The summed E-state index contributed by atoms with van der Waals surface area (Å²) in [6, 6.07) is -1.48. The molecule has 0 saturated heterocycles. The van der Waals surface area contributed by atoms with Gasteiger partial charge in [0, 0.05) is 24.0 Å². The summed E-state index contributed by atoms with van der Waals surface area (Å²) in [5.41, 5.74) is 1.32. The number of aromatic nitrogens is 3. The molecule has 1 aliphatic carbocycles. The third-order valence-corrected chi connectivity index (χ3v) is 6.08. The van der Waals surface area contributed by atoms with Crippen molar-refractivity contribution in [2.24, 2.45) is 22.5 Å². The van der Waals surface area contributed by atoms with Crippen molar-refractivity contribution in [2.45, 2.75) is 43.1 Å². The molecule has 2 aromatic heterocycles. The maximum atomic E-state index is 14.8. The fourth-order valence-corrected chi connectivity index (χ4v) is 4.41. The number of H-pyrrole nitrogens is 1. The van der Waals surface area contributed by atoms with E-state index in [4.69, 9.17) is 29.1 Å². The maximum absolute atomic E-state index is 14.8. The van der Waals surface area contributed by atoms with Gasteiger partial charge in [-0.25, -0.2) is 36.7 Å². The van der Waals surface area contributed by atoms with Crippen molar-refractivity contribution < 1.29 is 9.18 Å². The molecule has 1 aliphatic heterocycles. The molecule has 0 aromatic carbocycles. The Hall–Kier alpha value is -2.80. The van der Waals surface area contributed by atoms with Gasteiger partial charge in [0.25, 0.3) is 0 Å². The minimum absolute atomic E-state index is 0.0843. The molecule has 0 spiro atoms. The second-order valence-electron chi connectivity index (χ2n) is 7.98. The van der Waals surface area contributed by atoms with E-state index in [1.807, 2.05) is 6.08 Å². The zero-order valence-electron chi connectivity index (χ0n) is 17.6. The molecule has 3 atom stereocenters. The molecule has 3 heterocycles. The Morgan fingerprint density at radius 2 is 1.97 bits per heavy atom. The predicted octanol–water partition coefficient (Wildman–Crippen LogP) is -0.276. The van der Waals surface area contributed by atoms with Gasteiger partial charge in [-0.3, -0.25) is 20.0 Å². The first-order valence-corrected chi connectivity index (χ1v) is 10.7. The SMILES string of the molecule is CN(N)C(=O)N(N)C1CCCCC1N(N)c1nc(-c2c[nH]c3c2=CC(Cl)CN=3)ncc1F. The van der Waals surface area contributed by atoms with Crippen LogP contribution in [0.5, 0.6) is 0 Å². The van der Waals surface area contributed by atoms with Gasteiger partial charge >= 0.3 is 6.03 Å². The Morgan fingerprint density at radius 1 is 1.25 bits per heavy atom. The molecule has 4 rings (SSSR count). The van der Waals surface area contributed by atoms with Gasteiger partial charge in [0.2, 0.25) is 0 Å². The second kappa shape index (κ2) is 8.98. The molecule has 0 bridgehead atoms. The van der Waals surface area contributed by atoms with Crippen molar-refractivity contribution in [2.75, 3.05) is 18.6 Å². The van der Waals surface area contributed by atoms with E-state index < -0.39 is 23.9 Å². The Bertz CT molecular complexity index is 1120. The van der Waals surface area contributed by atoms with Crippen LogP contribution in [0.25, 0.3) is 17.5 Å². The number of urea groups is 1. The number of aromatic amines is 1. The van der Waals surface area contributed by atoms with E-state index >= 15 is 0 Å². The summed E-state index contributed by atoms with van der Waals surface area (Å²) in [7, 11) is 1.41. The molecule has 13 heteroatoms. The van der Waals surface area contributed by atoms with Crippen molar-refractivity contribution in [1.82, 2.24) is 25.0 Å². The predicted molar refractivity (Wildman–Crippen MR) is 118 cm³/mol. The van der Waals surface area contributed by atoms with E-state index in [0.717, 1.165) is 34.3 Å². The smallest absolute Gasteiger partial charge is 0.346 e. The summed E-state index contributed by atoms with van der Waals surface area (Å²) in [6.07, 6.45) is 7.57. The van der Waals surface area contributed by atoms with Crippen molar-refractivity contribution in [3.05, 3.63) is 28.9 Å². The monoisotopic (exact) mass is 464 g/mol. The van der Waals surface area contributed by atoms with Gasteiger partial charge in [-0.05, 0) is 12.8 Å². The van der Waals surface area contributed by atoms with Crippen LogP contribution in [0.2, 0.25) is 0 Å². The summed E-state index contributed by atoms with van der Waals surface area (Å²) in [5, 5.41) is 3.71. The number of carbonyl (C=O) groups excluding carboxylic acids is 1. The van der Waals surface area contributed by atoms with Gasteiger partial charge in [0.15, 0.2) is 17.5 Å². The number of hydrogen-bond acceptors (Lipinski definition) is 8. The highest BCUT2D eigenvalue weighted by Gasteiger charge is 2.37. The lowest BCUT2D eigenvalue weighted by atomic mass is 9.89. The van der Waals surface area contributed by atoms with Gasteiger partial charge in [-0.2, -0.15) is 0 Å². The molecule has 32 heavy (non-hydrogen) atoms. The number of anilines is 1. The van der Waals surface area contributed by atoms with Gasteiger partial charge < -0.3 is 4.98 Å². The summed E-state index contributed by atoms with van der Waals surface area (Å²) in [6.45, 7) is 0.468. The molecule has 7 N–H and O–H groups in total. The van der Waals surface area contributed by atoms with Crippen molar-refractivity contribution in [3.63, 3.8) is 0 Å². The zero-order chi connectivity index (χ0) is 23.0. The van der Waals surface area contributed by atoms with Crippen LogP contribution in [0.3, 0.4) is 0 Å². The fourth-order valence-electron chi connectivity index (χ4n) is 4.21. The van der Waals surface area contributed by atoms with Crippen LogP contribution in [0.15, 0.2) is 17.4 Å². The van der Waals surface area contributed by atoms with Gasteiger partial charge in [-0.15, -0.1) is 11.6 Å². The zero-order valence-corrected chi connectivity index (χ0v) is 18.3. The highest BCUT2D eigenvalue weighted by Crippen LogP contribution is 2.29. The molecule has 3 unspecified atom stereocenters. The second-order valence-corrected chi connectivity index (χ2v) is 8.54. The number of hydrogen-bond donors (Lipinski definition) is 4. The van der Waals surface area contributed by atoms with Crippen LogP contribution >= 0.6 is 11.6 Å². The number of carbonyl (C=O) groups is 1. The lowest BCUT2D eigenvalue weighted by molar-refractivity contribution is 0.116. The summed E-state index contributed by atoms with van der Waals surface area (Å²) >= 11 is 6.21. The van der Waals surface area contributed by atoms with Crippen LogP contribution in [0.4, 0.5) is 15.0 Å². The Kier molecular flexibility index (Phi) is 6.29. The fraction of sp³-hybridized carbons (Fsp3) is 0.474. The molecule has 1 saturated carbocycles. The van der Waals surface area contributed by atoms with Crippen LogP contribution in [0, 0.1) is 5.82 Å². The van der Waals surface area contributed by atoms with Gasteiger partial charge in [0.05, 0.1) is 30.2 Å². The first-order valence-electron chi connectivity index (χ1n) is 10.3. The minimum Gasteiger partial charge on any atom is -0.346 e. The van der Waals surface area contributed by atoms with E-state index in [1.54, 1.807) is 6.20 Å². The normalized spacial score (nSPS) is 22.4. The van der Waals surface area contributed by atoms with E-state index in [9.17, 15) is 9.18 Å². The molecule has 2 amide bonds. The number of nitrogens with one attached hydrogen (secondary N) is 1. The largest absolute Gasteiger partial charge is 0.348 e. The third kappa shape index (κ3) is 4.13. The molecule has 1 fully saturated rings. The molecule has 2 aromatic rings. The minimum atomic E-state index is -0.681. The average Bonchev–Trinajstić information content (AvgIpc) is 3.21. The highest BCUT2D eigenvalue weighted by molar-refractivity contribution is 6.24. The molecular weight excluding hydrogens is 439 g/mol. The summed E-state index contributed by atoms with van der Waals surface area (Å²) in [5.74, 6) is 17.5. The van der Waals surface area contributed by atoms with Crippen molar-refractivity contribution in [3.8, 4) is 11.4 Å². The van der Waals surface area contributed by atoms with Gasteiger partial charge in [-0.1, -0.05) is 18.9 Å². The number of rotatable bonds is 4. The quantitative estimate of drug-likeness (QED) is 0.209.